The third-order valence-electron chi connectivity index (χ3n) is 5.11. The van der Waals surface area contributed by atoms with Crippen molar-refractivity contribution in [2.45, 2.75) is 40.4 Å². The van der Waals surface area contributed by atoms with Gasteiger partial charge in [0, 0.05) is 49.9 Å². The Labute approximate surface area is 168 Å². The number of hydrogen-bond acceptors (Lipinski definition) is 5. The van der Waals surface area contributed by atoms with E-state index in [1.165, 1.54) is 0 Å². The summed E-state index contributed by atoms with van der Waals surface area (Å²) in [5.74, 6) is -0.161. The molecule has 4 aromatic heterocycles. The highest BCUT2D eigenvalue weighted by Crippen LogP contribution is 2.23. The van der Waals surface area contributed by atoms with E-state index in [-0.39, 0.29) is 5.91 Å². The second-order valence-corrected chi connectivity index (χ2v) is 6.89. The highest BCUT2D eigenvalue weighted by atomic mass is 16.2. The van der Waals surface area contributed by atoms with Crippen molar-refractivity contribution in [2.75, 3.05) is 7.05 Å². The Bertz CT molecular complexity index is 1170. The molecule has 4 rings (SSSR count). The predicted octanol–water partition coefficient (Wildman–Crippen LogP) is 2.41. The first-order chi connectivity index (χ1) is 14.0. The van der Waals surface area contributed by atoms with E-state index in [0.29, 0.717) is 17.9 Å². The first-order valence-corrected chi connectivity index (χ1v) is 9.67. The molecule has 0 aliphatic rings. The van der Waals surface area contributed by atoms with Crippen LogP contribution in [0.25, 0.3) is 16.9 Å². The number of carbonyl (C=O) groups is 1. The van der Waals surface area contributed by atoms with E-state index in [4.69, 9.17) is 0 Å². The molecule has 0 fully saturated rings. The van der Waals surface area contributed by atoms with Crippen LogP contribution in [0.15, 0.2) is 36.8 Å². The van der Waals surface area contributed by atoms with Crippen molar-refractivity contribution in [3.8, 4) is 11.3 Å². The van der Waals surface area contributed by atoms with Gasteiger partial charge in [0.1, 0.15) is 0 Å². The molecule has 0 aromatic carbocycles. The molecule has 0 saturated carbocycles. The van der Waals surface area contributed by atoms with E-state index in [1.807, 2.05) is 41.5 Å². The van der Waals surface area contributed by atoms with Crippen LogP contribution in [0, 0.1) is 6.92 Å². The fourth-order valence-corrected chi connectivity index (χ4v) is 3.51. The SMILES string of the molecule is CCn1nccc1CN(C)C(=O)c1cc2nccc(-c3cnn(CC)c3C)n2n1. The monoisotopic (exact) mass is 392 g/mol. The number of amides is 1. The Morgan fingerprint density at radius 1 is 1.10 bits per heavy atom. The Balaban J connectivity index is 1.67. The van der Waals surface area contributed by atoms with Crippen LogP contribution in [0.1, 0.15) is 35.7 Å². The Morgan fingerprint density at radius 2 is 1.90 bits per heavy atom. The number of nitrogens with zero attached hydrogens (tertiary/aromatic N) is 8. The number of aromatic nitrogens is 7. The molecule has 9 heteroatoms. The molecule has 9 nitrogen and oxygen atoms in total. The molecule has 0 radical (unpaired) electrons. The summed E-state index contributed by atoms with van der Waals surface area (Å²) in [5, 5.41) is 13.2. The minimum Gasteiger partial charge on any atom is -0.334 e. The molecule has 0 atom stereocenters. The van der Waals surface area contributed by atoms with E-state index in [2.05, 4.69) is 27.2 Å². The molecular formula is C20H24N8O. The first-order valence-electron chi connectivity index (χ1n) is 9.67. The van der Waals surface area contributed by atoms with Gasteiger partial charge in [-0.2, -0.15) is 15.3 Å². The quantitative estimate of drug-likeness (QED) is 0.503. The standard InChI is InChI=1S/C20H24N8O/c1-5-26-14(3)16(12-23-26)18-8-9-21-19-11-17(24-28(18)19)20(29)25(4)13-15-7-10-22-27(15)6-2/h7-12H,5-6,13H2,1-4H3. The van der Waals surface area contributed by atoms with Crippen molar-refractivity contribution in [2.24, 2.45) is 0 Å². The van der Waals surface area contributed by atoms with Gasteiger partial charge >= 0.3 is 0 Å². The summed E-state index contributed by atoms with van der Waals surface area (Å²) in [6.45, 7) is 8.12. The van der Waals surface area contributed by atoms with Gasteiger partial charge in [0.2, 0.25) is 0 Å². The number of carbonyl (C=O) groups excluding carboxylic acids is 1. The van der Waals surface area contributed by atoms with Crippen molar-refractivity contribution in [1.82, 2.24) is 39.1 Å². The number of aryl methyl sites for hydroxylation is 2. The van der Waals surface area contributed by atoms with E-state index in [9.17, 15) is 4.79 Å². The molecule has 4 aromatic rings. The van der Waals surface area contributed by atoms with Gasteiger partial charge in [-0.25, -0.2) is 9.50 Å². The summed E-state index contributed by atoms with van der Waals surface area (Å²) in [7, 11) is 1.77. The minimum absolute atomic E-state index is 0.161. The van der Waals surface area contributed by atoms with E-state index in [1.54, 1.807) is 34.9 Å². The van der Waals surface area contributed by atoms with Gasteiger partial charge < -0.3 is 4.90 Å². The molecule has 0 bridgehead atoms. The summed E-state index contributed by atoms with van der Waals surface area (Å²) < 4.78 is 5.52. The molecule has 4 heterocycles. The molecule has 0 aliphatic heterocycles. The van der Waals surface area contributed by atoms with Gasteiger partial charge in [-0.05, 0) is 32.9 Å². The fourth-order valence-electron chi connectivity index (χ4n) is 3.51. The molecule has 0 N–H and O–H groups in total. The van der Waals surface area contributed by atoms with Crippen LogP contribution >= 0.6 is 0 Å². The summed E-state index contributed by atoms with van der Waals surface area (Å²) in [6.07, 6.45) is 5.30. The van der Waals surface area contributed by atoms with Crippen LogP contribution in [-0.4, -0.2) is 52.0 Å². The normalized spacial score (nSPS) is 11.3. The molecule has 1 amide bonds. The average molecular weight is 392 g/mol. The third kappa shape index (κ3) is 3.28. The zero-order valence-electron chi connectivity index (χ0n) is 17.1. The topological polar surface area (TPSA) is 86.1 Å². The smallest absolute Gasteiger partial charge is 0.274 e. The average Bonchev–Trinajstić information content (AvgIpc) is 3.44. The van der Waals surface area contributed by atoms with Gasteiger partial charge in [0.25, 0.3) is 5.91 Å². The minimum atomic E-state index is -0.161. The van der Waals surface area contributed by atoms with E-state index >= 15 is 0 Å². The van der Waals surface area contributed by atoms with Gasteiger partial charge in [0.05, 0.1) is 24.1 Å². The summed E-state index contributed by atoms with van der Waals surface area (Å²) >= 11 is 0. The lowest BCUT2D eigenvalue weighted by Gasteiger charge is -2.16. The zero-order chi connectivity index (χ0) is 20.5. The number of hydrogen-bond donors (Lipinski definition) is 0. The van der Waals surface area contributed by atoms with Crippen molar-refractivity contribution < 1.29 is 4.79 Å². The second-order valence-electron chi connectivity index (χ2n) is 6.89. The lowest BCUT2D eigenvalue weighted by atomic mass is 10.2. The van der Waals surface area contributed by atoms with Crippen molar-refractivity contribution in [1.29, 1.82) is 0 Å². The molecular weight excluding hydrogens is 368 g/mol. The maximum absolute atomic E-state index is 13.0. The van der Waals surface area contributed by atoms with Crippen LogP contribution in [0.2, 0.25) is 0 Å². The maximum atomic E-state index is 13.0. The van der Waals surface area contributed by atoms with Crippen LogP contribution in [0.3, 0.4) is 0 Å². The maximum Gasteiger partial charge on any atom is 0.274 e. The lowest BCUT2D eigenvalue weighted by molar-refractivity contribution is 0.0775. The highest BCUT2D eigenvalue weighted by molar-refractivity contribution is 5.93. The molecule has 29 heavy (non-hydrogen) atoms. The van der Waals surface area contributed by atoms with Gasteiger partial charge in [-0.3, -0.25) is 14.2 Å². The summed E-state index contributed by atoms with van der Waals surface area (Å²) in [6, 6.07) is 5.53. The van der Waals surface area contributed by atoms with E-state index in [0.717, 1.165) is 35.7 Å². The van der Waals surface area contributed by atoms with Gasteiger partial charge in [-0.1, -0.05) is 0 Å². The number of rotatable bonds is 6. The largest absolute Gasteiger partial charge is 0.334 e. The first kappa shape index (κ1) is 18.9. The molecule has 150 valence electrons. The van der Waals surface area contributed by atoms with Crippen molar-refractivity contribution in [3.63, 3.8) is 0 Å². The van der Waals surface area contributed by atoms with Crippen molar-refractivity contribution in [3.05, 3.63) is 53.9 Å². The third-order valence-corrected chi connectivity index (χ3v) is 5.11. The fraction of sp³-hybridized carbons (Fsp3) is 0.350. The lowest BCUT2D eigenvalue weighted by Crippen LogP contribution is -2.27. The van der Waals surface area contributed by atoms with E-state index < -0.39 is 0 Å². The van der Waals surface area contributed by atoms with Gasteiger partial charge in [0.15, 0.2) is 11.3 Å². The van der Waals surface area contributed by atoms with Crippen molar-refractivity contribution >= 4 is 11.6 Å². The van der Waals surface area contributed by atoms with Crippen LogP contribution < -0.4 is 0 Å². The molecule has 0 saturated heterocycles. The van der Waals surface area contributed by atoms with Crippen LogP contribution in [-0.2, 0) is 19.6 Å². The van der Waals surface area contributed by atoms with Crippen LogP contribution in [0.5, 0.6) is 0 Å². The predicted molar refractivity (Wildman–Crippen MR) is 108 cm³/mol. The van der Waals surface area contributed by atoms with Gasteiger partial charge in [-0.15, -0.1) is 0 Å². The van der Waals surface area contributed by atoms with Crippen LogP contribution in [0.4, 0.5) is 0 Å². The highest BCUT2D eigenvalue weighted by Gasteiger charge is 2.20. The second kappa shape index (κ2) is 7.50. The molecule has 0 aliphatic carbocycles. The Kier molecular flexibility index (Phi) is 4.87. The Morgan fingerprint density at radius 3 is 2.62 bits per heavy atom. The zero-order valence-corrected chi connectivity index (χ0v) is 17.1. The summed E-state index contributed by atoms with van der Waals surface area (Å²) in [5.41, 5.74) is 4.85. The number of fused-ring (bicyclic) bond motifs is 1. The summed E-state index contributed by atoms with van der Waals surface area (Å²) in [4.78, 5) is 19.0. The molecule has 0 spiro atoms. The Hall–Kier alpha value is -3.49. The molecule has 0 unspecified atom stereocenters.